The van der Waals surface area contributed by atoms with E-state index in [9.17, 15) is 0 Å². The minimum atomic E-state index is 0.228. The van der Waals surface area contributed by atoms with Crippen LogP contribution in [0.3, 0.4) is 0 Å². The molecule has 0 radical (unpaired) electrons. The molecule has 3 unspecified atom stereocenters. The van der Waals surface area contributed by atoms with Crippen molar-refractivity contribution in [3.63, 3.8) is 0 Å². The lowest BCUT2D eigenvalue weighted by atomic mass is 9.85. The van der Waals surface area contributed by atoms with E-state index < -0.39 is 0 Å². The van der Waals surface area contributed by atoms with E-state index in [0.29, 0.717) is 5.92 Å². The van der Waals surface area contributed by atoms with E-state index in [1.165, 1.54) is 18.4 Å². The van der Waals surface area contributed by atoms with Gasteiger partial charge in [0, 0.05) is 12.6 Å². The van der Waals surface area contributed by atoms with Crippen LogP contribution in [0.15, 0.2) is 24.3 Å². The summed E-state index contributed by atoms with van der Waals surface area (Å²) in [6.07, 6.45) is 5.85. The Hall–Kier alpha value is -1.10. The third-order valence-corrected chi connectivity index (χ3v) is 4.50. The lowest BCUT2D eigenvalue weighted by Gasteiger charge is -2.34. The molecule has 2 aliphatic heterocycles. The Labute approximate surface area is 120 Å². The monoisotopic (exact) mass is 276 g/mol. The highest BCUT2D eigenvalue weighted by Crippen LogP contribution is 2.37. The summed E-state index contributed by atoms with van der Waals surface area (Å²) in [6, 6.07) is 8.58. The Morgan fingerprint density at radius 3 is 2.90 bits per heavy atom. The van der Waals surface area contributed by atoms with Gasteiger partial charge >= 0.3 is 0 Å². The largest absolute Gasteiger partial charge is 0.493 e. The van der Waals surface area contributed by atoms with Crippen molar-refractivity contribution in [3.8, 4) is 5.75 Å². The van der Waals surface area contributed by atoms with Gasteiger partial charge in [0.15, 0.2) is 0 Å². The summed E-state index contributed by atoms with van der Waals surface area (Å²) < 4.78 is 11.6. The zero-order chi connectivity index (χ0) is 13.8. The maximum absolute atomic E-state index is 5.89. The number of para-hydroxylation sites is 1. The maximum atomic E-state index is 5.89. The summed E-state index contributed by atoms with van der Waals surface area (Å²) in [7, 11) is 0. The highest BCUT2D eigenvalue weighted by molar-refractivity contribution is 5.37. The molecular weight excluding hydrogens is 252 g/mol. The third-order valence-electron chi connectivity index (χ3n) is 4.50. The normalized spacial score (nSPS) is 27.4. The van der Waals surface area contributed by atoms with E-state index in [0.717, 1.165) is 38.2 Å². The van der Waals surface area contributed by atoms with Crippen LogP contribution in [0.25, 0.3) is 0 Å². The van der Waals surface area contributed by atoms with E-state index in [1.807, 2.05) is 6.07 Å². The zero-order valence-corrected chi connectivity index (χ0v) is 11.9. The molecule has 0 aromatic heterocycles. The predicted molar refractivity (Wildman–Crippen MR) is 78.6 cm³/mol. The molecule has 3 N–H and O–H groups in total. The van der Waals surface area contributed by atoms with Crippen molar-refractivity contribution in [2.45, 2.75) is 50.2 Å². The number of ether oxygens (including phenoxy) is 2. The van der Waals surface area contributed by atoms with Gasteiger partial charge in [0.2, 0.25) is 0 Å². The highest BCUT2D eigenvalue weighted by Gasteiger charge is 2.29. The quantitative estimate of drug-likeness (QED) is 0.654. The number of nitrogens with one attached hydrogen (secondary N) is 1. The number of fused-ring (bicyclic) bond motifs is 1. The molecule has 4 nitrogen and oxygen atoms in total. The number of rotatable bonds is 4. The summed E-state index contributed by atoms with van der Waals surface area (Å²) in [4.78, 5) is 0. The molecule has 1 saturated heterocycles. The van der Waals surface area contributed by atoms with Gasteiger partial charge in [-0.3, -0.25) is 11.3 Å². The molecule has 0 amide bonds. The minimum Gasteiger partial charge on any atom is -0.493 e. The van der Waals surface area contributed by atoms with Gasteiger partial charge in [-0.05, 0) is 49.7 Å². The molecular formula is C16H24N2O2. The summed E-state index contributed by atoms with van der Waals surface area (Å²) in [5, 5.41) is 0. The van der Waals surface area contributed by atoms with Crippen LogP contribution in [-0.2, 0) is 4.74 Å². The first kappa shape index (κ1) is 13.9. The van der Waals surface area contributed by atoms with Crippen LogP contribution in [0.1, 0.15) is 43.6 Å². The molecule has 4 heteroatoms. The Morgan fingerprint density at radius 1 is 1.20 bits per heavy atom. The van der Waals surface area contributed by atoms with Gasteiger partial charge in [-0.2, -0.15) is 0 Å². The van der Waals surface area contributed by atoms with Crippen molar-refractivity contribution in [3.05, 3.63) is 29.8 Å². The molecule has 3 rings (SSSR count). The Balaban J connectivity index is 1.70. The maximum Gasteiger partial charge on any atom is 0.122 e. The van der Waals surface area contributed by atoms with E-state index in [4.69, 9.17) is 15.3 Å². The van der Waals surface area contributed by atoms with E-state index >= 15 is 0 Å². The molecule has 1 aromatic rings. The van der Waals surface area contributed by atoms with Crippen LogP contribution < -0.4 is 16.0 Å². The van der Waals surface area contributed by atoms with Crippen molar-refractivity contribution in [2.75, 3.05) is 13.2 Å². The third kappa shape index (κ3) is 2.97. The molecule has 0 aliphatic carbocycles. The average molecular weight is 276 g/mol. The van der Waals surface area contributed by atoms with Crippen LogP contribution in [0.2, 0.25) is 0 Å². The number of hydrogen-bond acceptors (Lipinski definition) is 4. The van der Waals surface area contributed by atoms with Gasteiger partial charge in [-0.15, -0.1) is 0 Å². The van der Waals surface area contributed by atoms with Crippen LogP contribution in [-0.4, -0.2) is 25.4 Å². The zero-order valence-electron chi connectivity index (χ0n) is 11.9. The summed E-state index contributed by atoms with van der Waals surface area (Å²) >= 11 is 0. The van der Waals surface area contributed by atoms with Crippen LogP contribution in [0, 0.1) is 0 Å². The second-order valence-corrected chi connectivity index (χ2v) is 5.79. The Morgan fingerprint density at radius 2 is 2.10 bits per heavy atom. The van der Waals surface area contributed by atoms with E-state index in [1.54, 1.807) is 0 Å². The molecule has 0 spiro atoms. The molecule has 3 atom stereocenters. The topological polar surface area (TPSA) is 56.5 Å². The van der Waals surface area contributed by atoms with Crippen LogP contribution in [0.4, 0.5) is 0 Å². The van der Waals surface area contributed by atoms with E-state index in [2.05, 4.69) is 23.6 Å². The standard InChI is InChI=1S/C16H24N2O2/c17-18-14(16-7-3-4-9-19-16)11-12-8-10-20-15-6-2-1-5-13(12)15/h1-2,5-6,12,14,16,18H,3-4,7-11,17H2. The summed E-state index contributed by atoms with van der Waals surface area (Å²) in [6.45, 7) is 1.66. The first-order chi connectivity index (χ1) is 9.88. The highest BCUT2D eigenvalue weighted by atomic mass is 16.5. The van der Waals surface area contributed by atoms with Crippen LogP contribution >= 0.6 is 0 Å². The molecule has 2 aliphatic rings. The molecule has 0 saturated carbocycles. The fraction of sp³-hybridized carbons (Fsp3) is 0.625. The smallest absolute Gasteiger partial charge is 0.122 e. The Kier molecular flexibility index (Phi) is 4.55. The molecule has 2 heterocycles. The lowest BCUT2D eigenvalue weighted by molar-refractivity contribution is -0.0115. The predicted octanol–water partition coefficient (Wildman–Crippen LogP) is 2.34. The number of hydrogen-bond donors (Lipinski definition) is 2. The summed E-state index contributed by atoms with van der Waals surface area (Å²) in [5.74, 6) is 7.32. The molecule has 1 fully saturated rings. The first-order valence-corrected chi connectivity index (χ1v) is 7.68. The first-order valence-electron chi connectivity index (χ1n) is 7.68. The molecule has 0 bridgehead atoms. The van der Waals surface area contributed by atoms with Gasteiger partial charge in [0.1, 0.15) is 5.75 Å². The molecule has 20 heavy (non-hydrogen) atoms. The number of nitrogens with two attached hydrogens (primary N) is 1. The van der Waals surface area contributed by atoms with Gasteiger partial charge in [0.05, 0.1) is 12.7 Å². The van der Waals surface area contributed by atoms with Crippen LogP contribution in [0.5, 0.6) is 5.75 Å². The second kappa shape index (κ2) is 6.57. The Bertz CT molecular complexity index is 432. The van der Waals surface area contributed by atoms with Crippen molar-refractivity contribution < 1.29 is 9.47 Å². The molecule has 1 aromatic carbocycles. The minimum absolute atomic E-state index is 0.228. The van der Waals surface area contributed by atoms with Crippen molar-refractivity contribution in [2.24, 2.45) is 5.84 Å². The van der Waals surface area contributed by atoms with E-state index in [-0.39, 0.29) is 12.1 Å². The second-order valence-electron chi connectivity index (χ2n) is 5.79. The van der Waals surface area contributed by atoms with Crippen molar-refractivity contribution in [1.82, 2.24) is 5.43 Å². The number of benzene rings is 1. The van der Waals surface area contributed by atoms with Gasteiger partial charge < -0.3 is 9.47 Å². The van der Waals surface area contributed by atoms with Crippen molar-refractivity contribution in [1.29, 1.82) is 0 Å². The number of hydrazine groups is 1. The fourth-order valence-corrected chi connectivity index (χ4v) is 3.38. The molecule has 110 valence electrons. The SMILES string of the molecule is NNC(CC1CCOc2ccccc21)C1CCCCO1. The lowest BCUT2D eigenvalue weighted by Crippen LogP contribution is -2.47. The van der Waals surface area contributed by atoms with Gasteiger partial charge in [-0.1, -0.05) is 18.2 Å². The summed E-state index contributed by atoms with van der Waals surface area (Å²) in [5.41, 5.74) is 4.30. The van der Waals surface area contributed by atoms with Gasteiger partial charge in [-0.25, -0.2) is 0 Å². The average Bonchev–Trinajstić information content (AvgIpc) is 2.53. The van der Waals surface area contributed by atoms with Crippen molar-refractivity contribution >= 4 is 0 Å². The fourth-order valence-electron chi connectivity index (χ4n) is 3.38. The van der Waals surface area contributed by atoms with Gasteiger partial charge in [0.25, 0.3) is 0 Å².